The second-order valence-electron chi connectivity index (χ2n) is 5.94. The smallest absolute Gasteiger partial charge is 0.124 e. The summed E-state index contributed by atoms with van der Waals surface area (Å²) in [6.45, 7) is 4.07. The number of hydrogen-bond donors (Lipinski definition) is 1. The zero-order chi connectivity index (χ0) is 16.8. The third kappa shape index (κ3) is 3.68. The van der Waals surface area contributed by atoms with Crippen molar-refractivity contribution in [2.75, 3.05) is 40.4 Å². The Morgan fingerprint density at radius 1 is 1.12 bits per heavy atom. The molecule has 3 rings (SSSR count). The maximum Gasteiger partial charge on any atom is 0.124 e. The predicted molar refractivity (Wildman–Crippen MR) is 94.7 cm³/mol. The van der Waals surface area contributed by atoms with E-state index in [0.717, 1.165) is 49.7 Å². The van der Waals surface area contributed by atoms with E-state index in [0.29, 0.717) is 0 Å². The molecule has 0 radical (unpaired) electrons. The van der Waals surface area contributed by atoms with Crippen LogP contribution in [0.2, 0.25) is 0 Å². The molecular weight excluding hydrogens is 302 g/mol. The highest BCUT2D eigenvalue weighted by Crippen LogP contribution is 2.37. The summed E-state index contributed by atoms with van der Waals surface area (Å²) in [7, 11) is 3.41. The lowest BCUT2D eigenvalue weighted by Gasteiger charge is -2.32. The van der Waals surface area contributed by atoms with Gasteiger partial charge in [0.15, 0.2) is 0 Å². The molecule has 1 saturated heterocycles. The lowest BCUT2D eigenvalue weighted by molar-refractivity contribution is 0.235. The molecule has 2 heterocycles. The van der Waals surface area contributed by atoms with Crippen molar-refractivity contribution in [2.45, 2.75) is 12.5 Å². The van der Waals surface area contributed by atoms with E-state index in [2.05, 4.69) is 27.3 Å². The molecule has 1 atom stereocenters. The number of nitrogens with one attached hydrogen (secondary N) is 1. The largest absolute Gasteiger partial charge is 0.497 e. The van der Waals surface area contributed by atoms with Crippen LogP contribution in [-0.4, -0.2) is 50.3 Å². The minimum Gasteiger partial charge on any atom is -0.497 e. The van der Waals surface area contributed by atoms with Crippen LogP contribution in [0.25, 0.3) is 0 Å². The van der Waals surface area contributed by atoms with Gasteiger partial charge in [0, 0.05) is 37.6 Å². The Balaban J connectivity index is 2.07. The van der Waals surface area contributed by atoms with Crippen molar-refractivity contribution < 1.29 is 9.47 Å². The van der Waals surface area contributed by atoms with Crippen molar-refractivity contribution in [3.8, 4) is 11.5 Å². The van der Waals surface area contributed by atoms with Gasteiger partial charge in [-0.2, -0.15) is 0 Å². The summed E-state index contributed by atoms with van der Waals surface area (Å²) in [5.74, 6) is 1.72. The lowest BCUT2D eigenvalue weighted by Crippen LogP contribution is -2.33. The molecular formula is C19H25N3O2. The molecule has 1 aromatic carbocycles. The Labute approximate surface area is 143 Å². The van der Waals surface area contributed by atoms with Crippen molar-refractivity contribution >= 4 is 0 Å². The third-order valence-corrected chi connectivity index (χ3v) is 4.47. The minimum atomic E-state index is 0.101. The normalized spacial score (nSPS) is 17.1. The van der Waals surface area contributed by atoms with Crippen molar-refractivity contribution in [3.05, 3.63) is 53.9 Å². The molecule has 2 aromatic rings. The molecule has 5 nitrogen and oxygen atoms in total. The first-order valence-corrected chi connectivity index (χ1v) is 8.40. The van der Waals surface area contributed by atoms with Gasteiger partial charge in [-0.1, -0.05) is 6.07 Å². The molecule has 0 amide bonds. The standard InChI is InChI=1S/C19H25N3O2/c1-23-16-6-7-18(24-2)17(13-16)19(15-5-3-8-21-14-15)22-11-4-9-20-10-12-22/h3,5-8,13-14,19-20H,4,9-12H2,1-2H3. The molecule has 1 aliphatic heterocycles. The van der Waals surface area contributed by atoms with Gasteiger partial charge in [-0.15, -0.1) is 0 Å². The lowest BCUT2D eigenvalue weighted by atomic mass is 9.96. The predicted octanol–water partition coefficient (Wildman–Crippen LogP) is 2.48. The molecule has 128 valence electrons. The van der Waals surface area contributed by atoms with E-state index in [9.17, 15) is 0 Å². The fourth-order valence-corrected chi connectivity index (χ4v) is 3.30. The molecule has 0 aliphatic carbocycles. The first-order chi connectivity index (χ1) is 11.8. The first-order valence-electron chi connectivity index (χ1n) is 8.40. The van der Waals surface area contributed by atoms with Crippen LogP contribution in [0.5, 0.6) is 11.5 Å². The van der Waals surface area contributed by atoms with Crippen LogP contribution in [0.3, 0.4) is 0 Å². The summed E-state index contributed by atoms with van der Waals surface area (Å²) in [5.41, 5.74) is 2.29. The van der Waals surface area contributed by atoms with Gasteiger partial charge in [0.25, 0.3) is 0 Å². The summed E-state index contributed by atoms with van der Waals surface area (Å²) in [5, 5.41) is 3.47. The SMILES string of the molecule is COc1ccc(OC)c(C(c2cccnc2)N2CCCNCC2)c1. The van der Waals surface area contributed by atoms with E-state index >= 15 is 0 Å². The first kappa shape index (κ1) is 16.7. The van der Waals surface area contributed by atoms with Crippen LogP contribution in [0, 0.1) is 0 Å². The molecule has 5 heteroatoms. The quantitative estimate of drug-likeness (QED) is 0.914. The zero-order valence-corrected chi connectivity index (χ0v) is 14.4. The van der Waals surface area contributed by atoms with E-state index in [-0.39, 0.29) is 6.04 Å². The second kappa shape index (κ2) is 8.13. The minimum absolute atomic E-state index is 0.101. The summed E-state index contributed by atoms with van der Waals surface area (Å²) in [6.07, 6.45) is 4.89. The number of methoxy groups -OCH3 is 2. The number of aromatic nitrogens is 1. The highest BCUT2D eigenvalue weighted by atomic mass is 16.5. The summed E-state index contributed by atoms with van der Waals surface area (Å²) in [6, 6.07) is 10.2. The summed E-state index contributed by atoms with van der Waals surface area (Å²) >= 11 is 0. The van der Waals surface area contributed by atoms with Gasteiger partial charge in [0.05, 0.1) is 20.3 Å². The average Bonchev–Trinajstić information content (AvgIpc) is 2.92. The zero-order valence-electron chi connectivity index (χ0n) is 14.4. The molecule has 1 fully saturated rings. The molecule has 24 heavy (non-hydrogen) atoms. The van der Waals surface area contributed by atoms with E-state index < -0.39 is 0 Å². The van der Waals surface area contributed by atoms with E-state index in [1.807, 2.05) is 30.6 Å². The number of pyridine rings is 1. The van der Waals surface area contributed by atoms with Gasteiger partial charge in [0.2, 0.25) is 0 Å². The molecule has 0 saturated carbocycles. The van der Waals surface area contributed by atoms with E-state index in [4.69, 9.17) is 9.47 Å². The molecule has 0 spiro atoms. The molecule has 0 bridgehead atoms. The fourth-order valence-electron chi connectivity index (χ4n) is 3.30. The topological polar surface area (TPSA) is 46.6 Å². The second-order valence-corrected chi connectivity index (χ2v) is 5.94. The summed E-state index contributed by atoms with van der Waals surface area (Å²) < 4.78 is 11.1. The van der Waals surface area contributed by atoms with Crippen LogP contribution in [0.15, 0.2) is 42.7 Å². The molecule has 1 unspecified atom stereocenters. The Hall–Kier alpha value is -2.11. The Morgan fingerprint density at radius 2 is 2.04 bits per heavy atom. The van der Waals surface area contributed by atoms with Crippen molar-refractivity contribution in [1.29, 1.82) is 0 Å². The van der Waals surface area contributed by atoms with Gasteiger partial charge in [-0.3, -0.25) is 9.88 Å². The van der Waals surface area contributed by atoms with Gasteiger partial charge < -0.3 is 14.8 Å². The van der Waals surface area contributed by atoms with Crippen molar-refractivity contribution in [1.82, 2.24) is 15.2 Å². The van der Waals surface area contributed by atoms with Gasteiger partial charge >= 0.3 is 0 Å². The highest BCUT2D eigenvalue weighted by molar-refractivity contribution is 5.45. The van der Waals surface area contributed by atoms with Gasteiger partial charge in [-0.05, 0) is 42.8 Å². The summed E-state index contributed by atoms with van der Waals surface area (Å²) in [4.78, 5) is 6.83. The third-order valence-electron chi connectivity index (χ3n) is 4.47. The number of ether oxygens (including phenoxy) is 2. The monoisotopic (exact) mass is 327 g/mol. The Kier molecular flexibility index (Phi) is 5.67. The number of hydrogen-bond acceptors (Lipinski definition) is 5. The van der Waals surface area contributed by atoms with Gasteiger partial charge in [-0.25, -0.2) is 0 Å². The number of benzene rings is 1. The maximum atomic E-state index is 5.65. The number of nitrogens with zero attached hydrogens (tertiary/aromatic N) is 2. The van der Waals surface area contributed by atoms with E-state index in [1.54, 1.807) is 14.2 Å². The van der Waals surface area contributed by atoms with Crippen LogP contribution >= 0.6 is 0 Å². The van der Waals surface area contributed by atoms with Crippen LogP contribution in [0.4, 0.5) is 0 Å². The molecule has 1 N–H and O–H groups in total. The average molecular weight is 327 g/mol. The van der Waals surface area contributed by atoms with Crippen LogP contribution < -0.4 is 14.8 Å². The van der Waals surface area contributed by atoms with E-state index in [1.165, 1.54) is 5.56 Å². The van der Waals surface area contributed by atoms with Gasteiger partial charge in [0.1, 0.15) is 11.5 Å². The van der Waals surface area contributed by atoms with Crippen molar-refractivity contribution in [2.24, 2.45) is 0 Å². The molecule has 1 aliphatic rings. The Bertz CT molecular complexity index is 640. The fraction of sp³-hybridized carbons (Fsp3) is 0.421. The number of rotatable bonds is 5. The van der Waals surface area contributed by atoms with Crippen molar-refractivity contribution in [3.63, 3.8) is 0 Å². The van der Waals surface area contributed by atoms with Crippen LogP contribution in [0.1, 0.15) is 23.6 Å². The van der Waals surface area contributed by atoms with Crippen LogP contribution in [-0.2, 0) is 0 Å². The highest BCUT2D eigenvalue weighted by Gasteiger charge is 2.26. The Morgan fingerprint density at radius 3 is 2.79 bits per heavy atom. The molecule has 1 aromatic heterocycles. The maximum absolute atomic E-state index is 5.65.